The van der Waals surface area contributed by atoms with E-state index in [4.69, 9.17) is 4.74 Å². The smallest absolute Gasteiger partial charge is 0.278 e. The summed E-state index contributed by atoms with van der Waals surface area (Å²) >= 11 is 0. The van der Waals surface area contributed by atoms with Gasteiger partial charge >= 0.3 is 0 Å². The Morgan fingerprint density at radius 2 is 1.86 bits per heavy atom. The fourth-order valence-electron chi connectivity index (χ4n) is 3.78. The van der Waals surface area contributed by atoms with Crippen LogP contribution in [0.25, 0.3) is 0 Å². The van der Waals surface area contributed by atoms with E-state index >= 15 is 0 Å². The van der Waals surface area contributed by atoms with Crippen molar-refractivity contribution in [2.24, 2.45) is 0 Å². The number of hydrogen-bond donors (Lipinski definition) is 2. The quantitative estimate of drug-likeness (QED) is 0.709. The first kappa shape index (κ1) is 21.1. The Bertz CT molecular complexity index is 789. The van der Waals surface area contributed by atoms with Crippen LogP contribution in [0.1, 0.15) is 19.4 Å². The van der Waals surface area contributed by atoms with Crippen LogP contribution >= 0.6 is 0 Å². The molecule has 2 N–H and O–H groups in total. The Morgan fingerprint density at radius 1 is 1.17 bits per heavy atom. The van der Waals surface area contributed by atoms with Gasteiger partial charge in [0.1, 0.15) is 11.6 Å². The van der Waals surface area contributed by atoms with Crippen LogP contribution in [0, 0.1) is 5.82 Å². The molecule has 3 rings (SSSR count). The Hall–Kier alpha value is -2.60. The summed E-state index contributed by atoms with van der Waals surface area (Å²) in [5.41, 5.74) is 2.15. The van der Waals surface area contributed by atoms with Crippen molar-refractivity contribution in [3.8, 4) is 5.75 Å². The van der Waals surface area contributed by atoms with Gasteiger partial charge < -0.3 is 19.9 Å². The second kappa shape index (κ2) is 10.3. The van der Waals surface area contributed by atoms with E-state index in [0.717, 1.165) is 43.2 Å². The molecule has 0 saturated carbocycles. The molecule has 2 aromatic carbocycles. The van der Waals surface area contributed by atoms with Crippen LogP contribution in [0.2, 0.25) is 0 Å². The number of anilines is 1. The monoisotopic (exact) mass is 400 g/mol. The normalized spacial score (nSPS) is 15.8. The first-order valence-corrected chi connectivity index (χ1v) is 10.4. The molecule has 6 heteroatoms. The first-order valence-electron chi connectivity index (χ1n) is 10.4. The lowest BCUT2D eigenvalue weighted by atomic mass is 10.1. The standard InChI is InChI=1S/C23H30FN3O2/c1-3-29-22-7-5-4-6-21(22)27-16-14-26(15-17-27)18(2)23(28)25-13-12-19-8-10-20(24)11-9-19/h4-11,18H,3,12-17H2,1-2H3,(H,25,28)/p+1/t18-/m0/s1. The van der Waals surface area contributed by atoms with Crippen molar-refractivity contribution in [2.75, 3.05) is 44.2 Å². The van der Waals surface area contributed by atoms with Gasteiger partial charge in [-0.2, -0.15) is 0 Å². The Balaban J connectivity index is 1.46. The number of amides is 1. The highest BCUT2D eigenvalue weighted by molar-refractivity contribution is 5.79. The van der Waals surface area contributed by atoms with E-state index in [-0.39, 0.29) is 17.8 Å². The van der Waals surface area contributed by atoms with Crippen LogP contribution in [0.15, 0.2) is 48.5 Å². The maximum absolute atomic E-state index is 13.0. The molecule has 1 aliphatic rings. The number of quaternary nitrogens is 1. The molecule has 2 aromatic rings. The van der Waals surface area contributed by atoms with Crippen molar-refractivity contribution in [3.63, 3.8) is 0 Å². The Morgan fingerprint density at radius 3 is 2.55 bits per heavy atom. The minimum atomic E-state index is -0.238. The Kier molecular flexibility index (Phi) is 7.47. The number of nitrogens with one attached hydrogen (secondary N) is 2. The molecule has 0 bridgehead atoms. The highest BCUT2D eigenvalue weighted by atomic mass is 19.1. The summed E-state index contributed by atoms with van der Waals surface area (Å²) in [4.78, 5) is 16.2. The van der Waals surface area contributed by atoms with Crippen molar-refractivity contribution in [2.45, 2.75) is 26.3 Å². The summed E-state index contributed by atoms with van der Waals surface area (Å²) in [7, 11) is 0. The number of hydrogen-bond acceptors (Lipinski definition) is 3. The van der Waals surface area contributed by atoms with E-state index in [1.807, 2.05) is 32.0 Å². The van der Waals surface area contributed by atoms with E-state index in [9.17, 15) is 9.18 Å². The number of para-hydroxylation sites is 2. The number of benzene rings is 2. The first-order chi connectivity index (χ1) is 14.1. The van der Waals surface area contributed by atoms with E-state index in [0.29, 0.717) is 19.6 Å². The van der Waals surface area contributed by atoms with E-state index in [2.05, 4.69) is 16.3 Å². The molecule has 0 spiro atoms. The van der Waals surface area contributed by atoms with Crippen molar-refractivity contribution in [1.82, 2.24) is 5.32 Å². The lowest BCUT2D eigenvalue weighted by Crippen LogP contribution is -3.19. The summed E-state index contributed by atoms with van der Waals surface area (Å²) in [6, 6.07) is 14.5. The number of ether oxygens (including phenoxy) is 1. The molecule has 1 amide bonds. The van der Waals surface area contributed by atoms with E-state index < -0.39 is 0 Å². The number of carbonyl (C=O) groups is 1. The molecule has 1 heterocycles. The van der Waals surface area contributed by atoms with Crippen LogP contribution in [0.3, 0.4) is 0 Å². The van der Waals surface area contributed by atoms with Crippen LogP contribution in [-0.4, -0.2) is 51.3 Å². The SMILES string of the molecule is CCOc1ccccc1N1CC[NH+]([C@@H](C)C(=O)NCCc2ccc(F)cc2)CC1. The fourth-order valence-corrected chi connectivity index (χ4v) is 3.78. The largest absolute Gasteiger partial charge is 0.492 e. The number of piperazine rings is 1. The third-order valence-electron chi connectivity index (χ3n) is 5.54. The zero-order chi connectivity index (χ0) is 20.6. The molecular weight excluding hydrogens is 369 g/mol. The molecule has 1 fully saturated rings. The summed E-state index contributed by atoms with van der Waals surface area (Å²) in [6.07, 6.45) is 0.704. The van der Waals surface area contributed by atoms with Gasteiger partial charge in [0.25, 0.3) is 5.91 Å². The molecule has 0 unspecified atom stereocenters. The summed E-state index contributed by atoms with van der Waals surface area (Å²) < 4.78 is 18.7. The second-order valence-electron chi connectivity index (χ2n) is 7.44. The number of halogens is 1. The van der Waals surface area contributed by atoms with Gasteiger partial charge in [-0.05, 0) is 50.1 Å². The molecule has 1 saturated heterocycles. The van der Waals surface area contributed by atoms with E-state index in [1.54, 1.807) is 12.1 Å². The zero-order valence-electron chi connectivity index (χ0n) is 17.3. The molecule has 0 aliphatic carbocycles. The predicted molar refractivity (Wildman–Crippen MR) is 113 cm³/mol. The van der Waals surface area contributed by atoms with Crippen molar-refractivity contribution in [3.05, 3.63) is 59.9 Å². The lowest BCUT2D eigenvalue weighted by Gasteiger charge is -2.36. The highest BCUT2D eigenvalue weighted by Gasteiger charge is 2.29. The third kappa shape index (κ3) is 5.70. The van der Waals surface area contributed by atoms with Crippen molar-refractivity contribution < 1.29 is 18.8 Å². The topological polar surface area (TPSA) is 46.0 Å². The molecule has 1 aliphatic heterocycles. The molecule has 29 heavy (non-hydrogen) atoms. The van der Waals surface area contributed by atoms with Crippen LogP contribution in [0.5, 0.6) is 5.75 Å². The van der Waals surface area contributed by atoms with Crippen LogP contribution < -0.4 is 19.9 Å². The number of nitrogens with zero attached hydrogens (tertiary/aromatic N) is 1. The summed E-state index contributed by atoms with van der Waals surface area (Å²) in [5.74, 6) is 0.758. The van der Waals surface area contributed by atoms with Crippen LogP contribution in [-0.2, 0) is 11.2 Å². The molecule has 0 radical (unpaired) electrons. The van der Waals surface area contributed by atoms with Crippen LogP contribution in [0.4, 0.5) is 10.1 Å². The van der Waals surface area contributed by atoms with Crippen molar-refractivity contribution in [1.29, 1.82) is 0 Å². The zero-order valence-corrected chi connectivity index (χ0v) is 17.3. The predicted octanol–water partition coefficient (Wildman–Crippen LogP) is 1.68. The maximum atomic E-state index is 13.0. The molecule has 156 valence electrons. The molecule has 1 atom stereocenters. The number of carbonyl (C=O) groups excluding carboxylic acids is 1. The third-order valence-corrected chi connectivity index (χ3v) is 5.54. The second-order valence-corrected chi connectivity index (χ2v) is 7.44. The Labute approximate surface area is 172 Å². The average molecular weight is 401 g/mol. The highest BCUT2D eigenvalue weighted by Crippen LogP contribution is 2.27. The van der Waals surface area contributed by atoms with Gasteiger partial charge in [-0.15, -0.1) is 0 Å². The van der Waals surface area contributed by atoms with Gasteiger partial charge in [-0.25, -0.2) is 4.39 Å². The van der Waals surface area contributed by atoms with Gasteiger partial charge in [-0.3, -0.25) is 4.79 Å². The molecule has 0 aromatic heterocycles. The molecular formula is C23H31FN3O2+. The summed E-state index contributed by atoms with van der Waals surface area (Å²) in [5, 5.41) is 3.02. The summed E-state index contributed by atoms with van der Waals surface area (Å²) in [6.45, 7) is 8.81. The minimum Gasteiger partial charge on any atom is -0.492 e. The number of rotatable bonds is 8. The van der Waals surface area contributed by atoms with Gasteiger partial charge in [0.05, 0.1) is 38.5 Å². The minimum absolute atomic E-state index is 0.0743. The van der Waals surface area contributed by atoms with Crippen molar-refractivity contribution >= 4 is 11.6 Å². The van der Waals surface area contributed by atoms with Gasteiger partial charge in [0, 0.05) is 6.54 Å². The van der Waals surface area contributed by atoms with Gasteiger partial charge in [0.2, 0.25) is 0 Å². The fraction of sp³-hybridized carbons (Fsp3) is 0.435. The maximum Gasteiger partial charge on any atom is 0.278 e. The van der Waals surface area contributed by atoms with Gasteiger partial charge in [-0.1, -0.05) is 24.3 Å². The van der Waals surface area contributed by atoms with Gasteiger partial charge in [0.15, 0.2) is 6.04 Å². The lowest BCUT2D eigenvalue weighted by molar-refractivity contribution is -0.914. The average Bonchev–Trinajstić information content (AvgIpc) is 2.75. The molecule has 5 nitrogen and oxygen atoms in total. The van der Waals surface area contributed by atoms with E-state index in [1.165, 1.54) is 17.0 Å².